The second kappa shape index (κ2) is 6.89. The van der Waals surface area contributed by atoms with Gasteiger partial charge in [-0.25, -0.2) is 0 Å². The lowest BCUT2D eigenvalue weighted by Crippen LogP contribution is -1.88. The fourth-order valence-corrected chi connectivity index (χ4v) is 6.49. The van der Waals surface area contributed by atoms with Crippen molar-refractivity contribution in [3.05, 3.63) is 64.3 Å². The number of carbonyl (C=O) groups excluding carboxylic acids is 1. The maximum atomic E-state index is 11.9. The number of ketones is 1. The Hall–Kier alpha value is -1.53. The Balaban J connectivity index is 0.000000131. The monoisotopic (exact) mass is 414 g/mol. The Morgan fingerprint density at radius 3 is 1.38 bits per heavy atom. The summed E-state index contributed by atoms with van der Waals surface area (Å²) in [7, 11) is 0. The molecule has 0 N–H and O–H groups in total. The molecule has 0 spiro atoms. The number of thiophene rings is 4. The molecule has 1 aliphatic carbocycles. The predicted octanol–water partition coefficient (Wildman–Crippen LogP) is 7.73. The second-order valence-electron chi connectivity index (χ2n) is 6.42. The SMILES string of the molecule is Cc1cc(-c2csc(C)c2)cs1.Cc1cc2c(s1)C(=O)c1sc(C)cc1-2. The van der Waals surface area contributed by atoms with Gasteiger partial charge in [-0.1, -0.05) is 0 Å². The number of fused-ring (bicyclic) bond motifs is 3. The van der Waals surface area contributed by atoms with E-state index in [0.717, 1.165) is 20.9 Å². The van der Waals surface area contributed by atoms with Crippen LogP contribution < -0.4 is 0 Å². The van der Waals surface area contributed by atoms with Gasteiger partial charge >= 0.3 is 0 Å². The van der Waals surface area contributed by atoms with Crippen LogP contribution in [0, 0.1) is 27.7 Å². The van der Waals surface area contributed by atoms with E-state index in [0.29, 0.717) is 0 Å². The summed E-state index contributed by atoms with van der Waals surface area (Å²) >= 11 is 6.84. The van der Waals surface area contributed by atoms with Crippen molar-refractivity contribution in [2.24, 2.45) is 0 Å². The molecule has 26 heavy (non-hydrogen) atoms. The summed E-state index contributed by atoms with van der Waals surface area (Å²) in [6.45, 7) is 8.39. The van der Waals surface area contributed by atoms with Crippen LogP contribution in [0.15, 0.2) is 35.0 Å². The average molecular weight is 415 g/mol. The summed E-state index contributed by atoms with van der Waals surface area (Å²) in [5.41, 5.74) is 5.03. The highest BCUT2D eigenvalue weighted by molar-refractivity contribution is 7.19. The summed E-state index contributed by atoms with van der Waals surface area (Å²) in [5.74, 6) is 0.228. The van der Waals surface area contributed by atoms with Crippen molar-refractivity contribution in [3.8, 4) is 22.3 Å². The maximum absolute atomic E-state index is 11.9. The Morgan fingerprint density at radius 2 is 1.04 bits per heavy atom. The third-order valence-corrected chi connectivity index (χ3v) is 8.03. The lowest BCUT2D eigenvalue weighted by molar-refractivity contribution is 0.105. The molecule has 1 nitrogen and oxygen atoms in total. The van der Waals surface area contributed by atoms with Gasteiger partial charge in [-0.05, 0) is 73.8 Å². The smallest absolute Gasteiger partial charge is 0.214 e. The zero-order valence-corrected chi connectivity index (χ0v) is 18.3. The summed E-state index contributed by atoms with van der Waals surface area (Å²) in [6.07, 6.45) is 0. The van der Waals surface area contributed by atoms with Gasteiger partial charge in [0.1, 0.15) is 0 Å². The van der Waals surface area contributed by atoms with E-state index in [9.17, 15) is 4.79 Å². The predicted molar refractivity (Wildman–Crippen MR) is 118 cm³/mol. The van der Waals surface area contributed by atoms with Crippen molar-refractivity contribution < 1.29 is 4.79 Å². The van der Waals surface area contributed by atoms with E-state index in [4.69, 9.17) is 0 Å². The summed E-state index contributed by atoms with van der Waals surface area (Å²) in [6, 6.07) is 8.73. The molecule has 0 saturated heterocycles. The number of hydrogen-bond donors (Lipinski definition) is 0. The first-order valence-electron chi connectivity index (χ1n) is 8.29. The van der Waals surface area contributed by atoms with Crippen LogP contribution in [-0.2, 0) is 0 Å². The van der Waals surface area contributed by atoms with Crippen molar-refractivity contribution in [1.82, 2.24) is 0 Å². The maximum Gasteiger partial charge on any atom is 0.214 e. The van der Waals surface area contributed by atoms with Crippen LogP contribution in [0.2, 0.25) is 0 Å². The molecule has 132 valence electrons. The first kappa shape index (κ1) is 17.9. The Bertz CT molecular complexity index is 1020. The molecule has 1 aliphatic rings. The molecule has 0 aliphatic heterocycles. The van der Waals surface area contributed by atoms with Gasteiger partial charge in [0.2, 0.25) is 5.78 Å². The summed E-state index contributed by atoms with van der Waals surface area (Å²) in [5, 5.41) is 4.44. The third-order valence-electron chi connectivity index (χ3n) is 4.21. The second-order valence-corrected chi connectivity index (χ2v) is 11.2. The van der Waals surface area contributed by atoms with E-state index >= 15 is 0 Å². The molecule has 4 aromatic heterocycles. The highest BCUT2D eigenvalue weighted by Crippen LogP contribution is 2.45. The Morgan fingerprint density at radius 1 is 0.615 bits per heavy atom. The zero-order chi connectivity index (χ0) is 18.4. The zero-order valence-electron chi connectivity index (χ0n) is 15.0. The fourth-order valence-electron chi connectivity index (χ4n) is 3.06. The minimum absolute atomic E-state index is 0.228. The minimum atomic E-state index is 0.228. The largest absolute Gasteiger partial charge is 0.287 e. The molecule has 0 amide bonds. The van der Waals surface area contributed by atoms with Crippen molar-refractivity contribution in [2.75, 3.05) is 0 Å². The van der Waals surface area contributed by atoms with Crippen LogP contribution in [0.4, 0.5) is 0 Å². The first-order chi connectivity index (χ1) is 12.4. The quantitative estimate of drug-likeness (QED) is 0.274. The lowest BCUT2D eigenvalue weighted by Gasteiger charge is -1.87. The molecular weight excluding hydrogens is 396 g/mol. The average Bonchev–Trinajstić information content (AvgIpc) is 3.36. The van der Waals surface area contributed by atoms with E-state index in [1.807, 2.05) is 22.7 Å². The first-order valence-corrected chi connectivity index (χ1v) is 11.7. The van der Waals surface area contributed by atoms with Crippen LogP contribution in [-0.4, -0.2) is 5.78 Å². The molecule has 4 heterocycles. The molecule has 5 heteroatoms. The topological polar surface area (TPSA) is 17.1 Å². The number of hydrogen-bond acceptors (Lipinski definition) is 5. The molecule has 0 atom stereocenters. The molecule has 0 radical (unpaired) electrons. The normalized spacial score (nSPS) is 11.9. The van der Waals surface area contributed by atoms with Crippen molar-refractivity contribution in [2.45, 2.75) is 27.7 Å². The van der Waals surface area contributed by atoms with Gasteiger partial charge in [0.15, 0.2) is 0 Å². The van der Waals surface area contributed by atoms with Gasteiger partial charge < -0.3 is 0 Å². The fraction of sp³-hybridized carbons (Fsp3) is 0.190. The van der Waals surface area contributed by atoms with Crippen LogP contribution in [0.1, 0.15) is 34.1 Å². The van der Waals surface area contributed by atoms with Crippen LogP contribution in [0.25, 0.3) is 22.3 Å². The van der Waals surface area contributed by atoms with Crippen LogP contribution >= 0.6 is 45.3 Å². The van der Waals surface area contributed by atoms with Crippen LogP contribution in [0.5, 0.6) is 0 Å². The molecule has 0 fully saturated rings. The highest BCUT2D eigenvalue weighted by Gasteiger charge is 2.30. The van der Waals surface area contributed by atoms with E-state index < -0.39 is 0 Å². The van der Waals surface area contributed by atoms with Crippen molar-refractivity contribution in [3.63, 3.8) is 0 Å². The van der Waals surface area contributed by atoms with Gasteiger partial charge in [0.05, 0.1) is 9.75 Å². The standard InChI is InChI=1S/C11H8OS2.C10H10S2/c1-5-3-7-8-4-6(2)14-11(8)9(12)10(7)13-5;1-7-3-9(5-11-7)10-4-8(2)12-6-10/h3-4H,1-2H3;3-6H,1-2H3. The minimum Gasteiger partial charge on any atom is -0.287 e. The van der Waals surface area contributed by atoms with E-state index in [-0.39, 0.29) is 5.78 Å². The highest BCUT2D eigenvalue weighted by atomic mass is 32.1. The molecular formula is C21H18OS4. The van der Waals surface area contributed by atoms with E-state index in [1.165, 1.54) is 30.6 Å². The number of carbonyl (C=O) groups is 1. The van der Waals surface area contributed by atoms with E-state index in [1.54, 1.807) is 22.7 Å². The number of rotatable bonds is 1. The molecule has 0 aromatic carbocycles. The van der Waals surface area contributed by atoms with Gasteiger partial charge in [-0.3, -0.25) is 4.79 Å². The lowest BCUT2D eigenvalue weighted by atomic mass is 10.2. The molecule has 4 aromatic rings. The van der Waals surface area contributed by atoms with Gasteiger partial charge in [0, 0.05) is 30.6 Å². The van der Waals surface area contributed by atoms with Crippen molar-refractivity contribution in [1.29, 1.82) is 0 Å². The Labute approximate surface area is 169 Å². The van der Waals surface area contributed by atoms with E-state index in [2.05, 4.69) is 62.7 Å². The molecule has 0 saturated carbocycles. The third kappa shape index (κ3) is 3.25. The Kier molecular flexibility index (Phi) is 4.73. The summed E-state index contributed by atoms with van der Waals surface area (Å²) < 4.78 is 0. The van der Waals surface area contributed by atoms with Gasteiger partial charge in [0.25, 0.3) is 0 Å². The summed E-state index contributed by atoms with van der Waals surface area (Å²) in [4.78, 5) is 19.0. The van der Waals surface area contributed by atoms with Gasteiger partial charge in [-0.2, -0.15) is 0 Å². The number of aryl methyl sites for hydroxylation is 4. The molecule has 5 rings (SSSR count). The molecule has 0 unspecified atom stereocenters. The van der Waals surface area contributed by atoms with Gasteiger partial charge in [-0.15, -0.1) is 45.3 Å². The van der Waals surface area contributed by atoms with Crippen molar-refractivity contribution >= 4 is 51.1 Å². The van der Waals surface area contributed by atoms with Crippen LogP contribution in [0.3, 0.4) is 0 Å². The molecule has 0 bridgehead atoms.